The van der Waals surface area contributed by atoms with E-state index in [1.807, 2.05) is 19.1 Å². The number of allylic oxidation sites excluding steroid dienone is 2. The first kappa shape index (κ1) is 24.4. The lowest BCUT2D eigenvalue weighted by atomic mass is 9.66. The van der Waals surface area contributed by atoms with Crippen molar-refractivity contribution in [1.29, 1.82) is 0 Å². The van der Waals surface area contributed by atoms with Gasteiger partial charge >= 0.3 is 6.02 Å². The molecule has 188 valence electrons. The fraction of sp³-hybridized carbons (Fsp3) is 0.556. The van der Waals surface area contributed by atoms with E-state index in [2.05, 4.69) is 21.8 Å². The Labute approximate surface area is 209 Å². The third kappa shape index (κ3) is 4.00. The SMILES string of the molecule is COC1=NC2C(F)C(C3c4c(ccc(F)c4Cl)C=CC3C)=C(F)C(C)C2C(N2CCC[C@H](C)C2)=N1. The Hall–Kier alpha value is -2.28. The Morgan fingerprint density at radius 1 is 1.17 bits per heavy atom. The van der Waals surface area contributed by atoms with Crippen LogP contribution in [-0.4, -0.2) is 49.2 Å². The number of piperidine rings is 1. The first-order valence-electron chi connectivity index (χ1n) is 12.4. The Kier molecular flexibility index (Phi) is 6.49. The first-order valence-corrected chi connectivity index (χ1v) is 12.8. The summed E-state index contributed by atoms with van der Waals surface area (Å²) in [6.07, 6.45) is 4.14. The molecule has 35 heavy (non-hydrogen) atoms. The molecular formula is C27H31ClF3N3O. The zero-order chi connectivity index (χ0) is 25.0. The van der Waals surface area contributed by atoms with Gasteiger partial charge in [0.1, 0.15) is 29.7 Å². The zero-order valence-electron chi connectivity index (χ0n) is 20.4. The van der Waals surface area contributed by atoms with Gasteiger partial charge in [0.15, 0.2) is 0 Å². The van der Waals surface area contributed by atoms with Gasteiger partial charge in [-0.2, -0.15) is 4.99 Å². The van der Waals surface area contributed by atoms with Gasteiger partial charge in [0.05, 0.1) is 18.1 Å². The molecule has 5 rings (SSSR count). The number of rotatable bonds is 1. The highest BCUT2D eigenvalue weighted by atomic mass is 35.5. The maximum atomic E-state index is 16.5. The van der Waals surface area contributed by atoms with Crippen LogP contribution in [0.2, 0.25) is 5.02 Å². The molecule has 7 atom stereocenters. The second kappa shape index (κ2) is 9.30. The highest BCUT2D eigenvalue weighted by Crippen LogP contribution is 2.52. The molecule has 1 saturated heterocycles. The Morgan fingerprint density at radius 2 is 1.94 bits per heavy atom. The van der Waals surface area contributed by atoms with Crippen LogP contribution < -0.4 is 0 Å². The maximum absolute atomic E-state index is 16.5. The normalized spacial score (nSPS) is 34.7. The number of benzene rings is 1. The van der Waals surface area contributed by atoms with E-state index in [9.17, 15) is 4.39 Å². The molecule has 4 aliphatic rings. The number of amidine groups is 2. The van der Waals surface area contributed by atoms with Gasteiger partial charge in [0.25, 0.3) is 0 Å². The van der Waals surface area contributed by atoms with Crippen molar-refractivity contribution in [3.8, 4) is 0 Å². The minimum absolute atomic E-state index is 0.0109. The molecule has 1 aromatic rings. The molecule has 0 spiro atoms. The molecule has 0 N–H and O–H groups in total. The second-order valence-electron chi connectivity index (χ2n) is 10.3. The number of fused-ring (bicyclic) bond motifs is 2. The first-order chi connectivity index (χ1) is 16.7. The molecule has 2 heterocycles. The molecule has 4 nitrogen and oxygen atoms in total. The molecule has 0 amide bonds. The molecule has 1 fully saturated rings. The average molecular weight is 506 g/mol. The molecule has 0 radical (unpaired) electrons. The van der Waals surface area contributed by atoms with Gasteiger partial charge in [-0.05, 0) is 41.9 Å². The number of likely N-dealkylation sites (tertiary alicyclic amines) is 1. The summed E-state index contributed by atoms with van der Waals surface area (Å²) in [5, 5.41) is -0.0831. The highest BCUT2D eigenvalue weighted by Gasteiger charge is 2.52. The van der Waals surface area contributed by atoms with E-state index in [1.165, 1.54) is 13.2 Å². The molecule has 0 aromatic heterocycles. The molecule has 0 saturated carbocycles. The number of methoxy groups -OCH3 is 1. The smallest absolute Gasteiger partial charge is 0.313 e. The van der Waals surface area contributed by atoms with Crippen LogP contribution in [0.25, 0.3) is 6.08 Å². The van der Waals surface area contributed by atoms with E-state index in [-0.39, 0.29) is 22.5 Å². The van der Waals surface area contributed by atoms with Gasteiger partial charge in [-0.15, -0.1) is 0 Å². The third-order valence-corrected chi connectivity index (χ3v) is 8.41. The number of aliphatic imine (C=N–C) groups is 2. The van der Waals surface area contributed by atoms with Crippen molar-refractivity contribution in [2.45, 2.75) is 51.7 Å². The van der Waals surface area contributed by atoms with Crippen LogP contribution in [0.15, 0.2) is 39.6 Å². The quantitative estimate of drug-likeness (QED) is 0.433. The van der Waals surface area contributed by atoms with Gasteiger partial charge in [0.2, 0.25) is 0 Å². The van der Waals surface area contributed by atoms with Crippen LogP contribution in [0.4, 0.5) is 13.2 Å². The van der Waals surface area contributed by atoms with Crippen molar-refractivity contribution in [2.75, 3.05) is 20.2 Å². The summed E-state index contributed by atoms with van der Waals surface area (Å²) < 4.78 is 52.6. The Morgan fingerprint density at radius 3 is 2.66 bits per heavy atom. The number of ether oxygens (including phenoxy) is 1. The lowest BCUT2D eigenvalue weighted by Gasteiger charge is -2.46. The van der Waals surface area contributed by atoms with Crippen molar-refractivity contribution >= 4 is 29.5 Å². The van der Waals surface area contributed by atoms with Crippen molar-refractivity contribution in [2.24, 2.45) is 33.7 Å². The van der Waals surface area contributed by atoms with Gasteiger partial charge in [-0.25, -0.2) is 18.2 Å². The molecule has 2 aliphatic carbocycles. The number of hydrogen-bond donors (Lipinski definition) is 0. The van der Waals surface area contributed by atoms with Crippen molar-refractivity contribution in [1.82, 2.24) is 4.90 Å². The van der Waals surface area contributed by atoms with Crippen LogP contribution in [0, 0.1) is 29.5 Å². The monoisotopic (exact) mass is 505 g/mol. The number of halogens is 4. The molecule has 8 heteroatoms. The lowest BCUT2D eigenvalue weighted by Crippen LogP contribution is -2.54. The zero-order valence-corrected chi connectivity index (χ0v) is 21.2. The van der Waals surface area contributed by atoms with Gasteiger partial charge in [-0.1, -0.05) is 50.6 Å². The van der Waals surface area contributed by atoms with Crippen molar-refractivity contribution in [3.63, 3.8) is 0 Å². The average Bonchev–Trinajstić information content (AvgIpc) is 2.85. The highest BCUT2D eigenvalue weighted by molar-refractivity contribution is 6.31. The predicted octanol–water partition coefficient (Wildman–Crippen LogP) is 6.57. The van der Waals surface area contributed by atoms with E-state index < -0.39 is 41.6 Å². The summed E-state index contributed by atoms with van der Waals surface area (Å²) in [5.74, 6) is -2.17. The largest absolute Gasteiger partial charge is 0.467 e. The summed E-state index contributed by atoms with van der Waals surface area (Å²) in [6, 6.07) is 2.12. The van der Waals surface area contributed by atoms with Crippen LogP contribution in [0.5, 0.6) is 0 Å². The summed E-state index contributed by atoms with van der Waals surface area (Å²) in [5.41, 5.74) is 1.12. The Balaban J connectivity index is 1.62. The molecule has 0 bridgehead atoms. The van der Waals surface area contributed by atoms with E-state index in [0.29, 0.717) is 22.9 Å². The molecule has 2 aliphatic heterocycles. The van der Waals surface area contributed by atoms with Crippen LogP contribution in [0.3, 0.4) is 0 Å². The fourth-order valence-corrected chi connectivity index (χ4v) is 6.56. The molecular weight excluding hydrogens is 475 g/mol. The number of nitrogens with zero attached hydrogens (tertiary/aromatic N) is 3. The maximum Gasteiger partial charge on any atom is 0.313 e. The van der Waals surface area contributed by atoms with Gasteiger partial charge < -0.3 is 9.64 Å². The minimum atomic E-state index is -1.72. The lowest BCUT2D eigenvalue weighted by molar-refractivity contribution is 0.179. The van der Waals surface area contributed by atoms with Gasteiger partial charge in [-0.3, -0.25) is 0 Å². The van der Waals surface area contributed by atoms with Crippen molar-refractivity contribution < 1.29 is 17.9 Å². The molecule has 6 unspecified atom stereocenters. The topological polar surface area (TPSA) is 37.2 Å². The number of hydrogen-bond acceptors (Lipinski definition) is 4. The van der Waals surface area contributed by atoms with E-state index in [1.54, 1.807) is 13.0 Å². The summed E-state index contributed by atoms with van der Waals surface area (Å²) in [4.78, 5) is 11.3. The van der Waals surface area contributed by atoms with E-state index >= 15 is 8.78 Å². The standard InChI is InChI=1S/C27H31ClF3N3O/c1-13-6-5-11-34(12-13)26-19-15(3)23(30)21(24(31)25(19)32-27(33-26)35-4)18-14(2)7-8-16-9-10-17(29)22(28)20(16)18/h7-10,13-15,18-19,24-25H,5-6,11-12H2,1-4H3/t13-,14?,15?,18?,19?,24?,25?/m0/s1. The summed E-state index contributed by atoms with van der Waals surface area (Å²) >= 11 is 6.39. The van der Waals surface area contributed by atoms with Crippen molar-refractivity contribution in [3.05, 3.63) is 51.6 Å². The number of alkyl halides is 1. The molecule has 1 aromatic carbocycles. The third-order valence-electron chi connectivity index (χ3n) is 8.03. The second-order valence-corrected chi connectivity index (χ2v) is 10.7. The summed E-state index contributed by atoms with van der Waals surface area (Å²) in [7, 11) is 1.46. The Bertz CT molecular complexity index is 1150. The fourth-order valence-electron chi connectivity index (χ4n) is 6.27. The van der Waals surface area contributed by atoms with E-state index in [0.717, 1.165) is 25.9 Å². The van der Waals surface area contributed by atoms with Crippen LogP contribution >= 0.6 is 11.6 Å². The summed E-state index contributed by atoms with van der Waals surface area (Å²) in [6.45, 7) is 7.40. The van der Waals surface area contributed by atoms with Gasteiger partial charge in [0, 0.05) is 30.5 Å². The van der Waals surface area contributed by atoms with Crippen LogP contribution in [0.1, 0.15) is 50.7 Å². The van der Waals surface area contributed by atoms with Crippen LogP contribution in [-0.2, 0) is 4.74 Å². The van der Waals surface area contributed by atoms with E-state index in [4.69, 9.17) is 16.3 Å². The minimum Gasteiger partial charge on any atom is -0.467 e. The predicted molar refractivity (Wildman–Crippen MR) is 134 cm³/mol.